The van der Waals surface area contributed by atoms with E-state index in [0.29, 0.717) is 10.8 Å². The fourth-order valence-corrected chi connectivity index (χ4v) is 2.11. The summed E-state index contributed by atoms with van der Waals surface area (Å²) in [7, 11) is 0. The third kappa shape index (κ3) is 4.36. The highest BCUT2D eigenvalue weighted by atomic mass is 35.5. The Labute approximate surface area is 132 Å². The zero-order valence-corrected chi connectivity index (χ0v) is 12.7. The molecule has 1 aromatic carbocycles. The second-order valence-corrected chi connectivity index (χ2v) is 5.27. The molecule has 0 aromatic heterocycles. The van der Waals surface area contributed by atoms with Crippen LogP contribution in [0.25, 0.3) is 0 Å². The Bertz CT molecular complexity index is 618. The summed E-state index contributed by atoms with van der Waals surface area (Å²) < 4.78 is 5.41. The number of ether oxygens (including phenoxy) is 1. The van der Waals surface area contributed by atoms with E-state index in [1.807, 2.05) is 6.92 Å². The Morgan fingerprint density at radius 3 is 2.95 bits per heavy atom. The molecular weight excluding hydrogens is 310 g/mol. The van der Waals surface area contributed by atoms with Gasteiger partial charge in [0, 0.05) is 11.4 Å². The van der Waals surface area contributed by atoms with Gasteiger partial charge in [-0.1, -0.05) is 16.8 Å². The number of nitrogens with two attached hydrogens (primary N) is 1. The number of amides is 2. The van der Waals surface area contributed by atoms with E-state index in [2.05, 4.69) is 10.5 Å². The number of benzene rings is 1. The summed E-state index contributed by atoms with van der Waals surface area (Å²) in [4.78, 5) is 27.6. The number of primary amides is 1. The van der Waals surface area contributed by atoms with E-state index in [0.717, 1.165) is 5.56 Å². The van der Waals surface area contributed by atoms with Crippen molar-refractivity contribution in [2.45, 2.75) is 19.4 Å². The first-order chi connectivity index (χ1) is 10.5. The number of nitrogens with one attached hydrogen (secondary N) is 1. The quantitative estimate of drug-likeness (QED) is 0.806. The standard InChI is InChI=1S/C14H16ClN3O4/c1-8-4-9(15)2-3-12(8)21-7-13(19)17-6-10-5-11(14(16)20)18-22-10/h2-4,10H,5-7H2,1H3,(H2,16,20)(H,17,19)/t10-/m1/s1. The van der Waals surface area contributed by atoms with Crippen molar-refractivity contribution in [1.82, 2.24) is 5.32 Å². The summed E-state index contributed by atoms with van der Waals surface area (Å²) in [6.07, 6.45) is -0.101. The number of rotatable bonds is 6. The van der Waals surface area contributed by atoms with Gasteiger partial charge < -0.3 is 20.6 Å². The first-order valence-corrected chi connectivity index (χ1v) is 7.01. The van der Waals surface area contributed by atoms with Gasteiger partial charge in [0.25, 0.3) is 11.8 Å². The minimum Gasteiger partial charge on any atom is -0.484 e. The lowest BCUT2D eigenvalue weighted by Crippen LogP contribution is -2.36. The van der Waals surface area contributed by atoms with Crippen molar-refractivity contribution in [2.24, 2.45) is 10.9 Å². The summed E-state index contributed by atoms with van der Waals surface area (Å²) in [5.41, 5.74) is 6.11. The van der Waals surface area contributed by atoms with Crippen LogP contribution in [0.3, 0.4) is 0 Å². The molecule has 2 rings (SSSR count). The third-order valence-corrected chi connectivity index (χ3v) is 3.28. The second kappa shape index (κ2) is 7.13. The molecule has 2 amide bonds. The van der Waals surface area contributed by atoms with Crippen LogP contribution in [0, 0.1) is 6.92 Å². The number of aryl methyl sites for hydroxylation is 1. The molecule has 0 unspecified atom stereocenters. The fraction of sp³-hybridized carbons (Fsp3) is 0.357. The van der Waals surface area contributed by atoms with E-state index in [1.54, 1.807) is 18.2 Å². The predicted molar refractivity (Wildman–Crippen MR) is 80.8 cm³/mol. The normalized spacial score (nSPS) is 16.6. The van der Waals surface area contributed by atoms with Crippen molar-refractivity contribution in [3.63, 3.8) is 0 Å². The highest BCUT2D eigenvalue weighted by molar-refractivity contribution is 6.38. The van der Waals surface area contributed by atoms with Crippen LogP contribution in [-0.2, 0) is 14.4 Å². The Morgan fingerprint density at radius 1 is 1.55 bits per heavy atom. The number of carbonyl (C=O) groups excluding carboxylic acids is 2. The number of hydrogen-bond acceptors (Lipinski definition) is 5. The molecule has 8 heteroatoms. The third-order valence-electron chi connectivity index (χ3n) is 3.04. The van der Waals surface area contributed by atoms with Crippen molar-refractivity contribution in [2.75, 3.05) is 13.2 Å². The summed E-state index contributed by atoms with van der Waals surface area (Å²) in [5.74, 6) is -0.322. The SMILES string of the molecule is Cc1cc(Cl)ccc1OCC(=O)NC[C@H]1CC(C(N)=O)=NO1. The molecule has 3 N–H and O–H groups in total. The van der Waals surface area contributed by atoms with Crippen molar-refractivity contribution < 1.29 is 19.2 Å². The Balaban J connectivity index is 1.72. The number of oxime groups is 1. The highest BCUT2D eigenvalue weighted by Gasteiger charge is 2.24. The Hall–Kier alpha value is -2.28. The van der Waals surface area contributed by atoms with Crippen molar-refractivity contribution in [3.05, 3.63) is 28.8 Å². The van der Waals surface area contributed by atoms with E-state index in [9.17, 15) is 9.59 Å². The number of nitrogens with zero attached hydrogens (tertiary/aromatic N) is 1. The molecule has 0 radical (unpaired) electrons. The summed E-state index contributed by atoms with van der Waals surface area (Å²) in [5, 5.41) is 6.81. The van der Waals surface area contributed by atoms with Gasteiger partial charge in [0.15, 0.2) is 12.7 Å². The molecule has 0 aliphatic carbocycles. The van der Waals surface area contributed by atoms with Gasteiger partial charge in [0.05, 0.1) is 6.54 Å². The minimum atomic E-state index is -0.615. The van der Waals surface area contributed by atoms with Crippen LogP contribution in [0.15, 0.2) is 23.4 Å². The molecule has 0 saturated carbocycles. The lowest BCUT2D eigenvalue weighted by molar-refractivity contribution is -0.123. The lowest BCUT2D eigenvalue weighted by atomic mass is 10.2. The second-order valence-electron chi connectivity index (χ2n) is 4.84. The van der Waals surface area contributed by atoms with Gasteiger partial charge in [0.2, 0.25) is 0 Å². The van der Waals surface area contributed by atoms with E-state index < -0.39 is 5.91 Å². The highest BCUT2D eigenvalue weighted by Crippen LogP contribution is 2.21. The molecule has 1 heterocycles. The largest absolute Gasteiger partial charge is 0.484 e. The van der Waals surface area contributed by atoms with Gasteiger partial charge in [-0.2, -0.15) is 0 Å². The first kappa shape index (κ1) is 16.1. The van der Waals surface area contributed by atoms with Crippen LogP contribution >= 0.6 is 11.6 Å². The van der Waals surface area contributed by atoms with Gasteiger partial charge >= 0.3 is 0 Å². The number of hydrogen-bond donors (Lipinski definition) is 2. The fourth-order valence-electron chi connectivity index (χ4n) is 1.88. The molecule has 1 atom stereocenters. The number of carbonyl (C=O) groups is 2. The molecule has 7 nitrogen and oxygen atoms in total. The maximum Gasteiger partial charge on any atom is 0.266 e. The average molecular weight is 326 g/mol. The van der Waals surface area contributed by atoms with Crippen molar-refractivity contribution >= 4 is 29.1 Å². The summed E-state index contributed by atoms with van der Waals surface area (Å²) in [6.45, 7) is 1.94. The van der Waals surface area contributed by atoms with Crippen LogP contribution < -0.4 is 15.8 Å². The van der Waals surface area contributed by atoms with Gasteiger partial charge in [-0.3, -0.25) is 9.59 Å². The van der Waals surface area contributed by atoms with E-state index in [1.165, 1.54) is 0 Å². The number of halogens is 1. The van der Waals surface area contributed by atoms with Crippen LogP contribution in [0.5, 0.6) is 5.75 Å². The predicted octanol–water partition coefficient (Wildman–Crippen LogP) is 0.774. The lowest BCUT2D eigenvalue weighted by Gasteiger charge is -2.11. The van der Waals surface area contributed by atoms with Gasteiger partial charge in [0.1, 0.15) is 11.5 Å². The molecule has 0 fully saturated rings. The molecule has 118 valence electrons. The van der Waals surface area contributed by atoms with Gasteiger partial charge in [-0.25, -0.2) is 0 Å². The smallest absolute Gasteiger partial charge is 0.266 e. The molecule has 22 heavy (non-hydrogen) atoms. The molecule has 1 aromatic rings. The van der Waals surface area contributed by atoms with Crippen LogP contribution in [0.2, 0.25) is 5.02 Å². The van der Waals surface area contributed by atoms with E-state index in [-0.39, 0.29) is 37.3 Å². The van der Waals surface area contributed by atoms with Crippen LogP contribution in [-0.4, -0.2) is 36.8 Å². The zero-order valence-electron chi connectivity index (χ0n) is 12.0. The van der Waals surface area contributed by atoms with Crippen LogP contribution in [0.1, 0.15) is 12.0 Å². The summed E-state index contributed by atoms with van der Waals surface area (Å²) >= 11 is 5.84. The van der Waals surface area contributed by atoms with Gasteiger partial charge in [-0.05, 0) is 30.7 Å². The molecule has 0 spiro atoms. The minimum absolute atomic E-state index is 0.126. The first-order valence-electron chi connectivity index (χ1n) is 6.64. The van der Waals surface area contributed by atoms with Gasteiger partial charge in [-0.15, -0.1) is 0 Å². The molecule has 0 saturated heterocycles. The monoisotopic (exact) mass is 325 g/mol. The Kier molecular flexibility index (Phi) is 5.21. The van der Waals surface area contributed by atoms with Crippen molar-refractivity contribution in [3.8, 4) is 5.75 Å². The van der Waals surface area contributed by atoms with E-state index >= 15 is 0 Å². The molecular formula is C14H16ClN3O4. The zero-order chi connectivity index (χ0) is 16.1. The molecule has 1 aliphatic heterocycles. The average Bonchev–Trinajstić information content (AvgIpc) is 2.93. The maximum atomic E-state index is 11.7. The summed E-state index contributed by atoms with van der Waals surface area (Å²) in [6, 6.07) is 5.15. The van der Waals surface area contributed by atoms with E-state index in [4.69, 9.17) is 26.9 Å². The van der Waals surface area contributed by atoms with Crippen LogP contribution in [0.4, 0.5) is 0 Å². The maximum absolute atomic E-state index is 11.7. The topological polar surface area (TPSA) is 103 Å². The molecule has 0 bridgehead atoms. The van der Waals surface area contributed by atoms with Crippen molar-refractivity contribution in [1.29, 1.82) is 0 Å². The molecule has 1 aliphatic rings. The Morgan fingerprint density at radius 2 is 2.32 bits per heavy atom.